The van der Waals surface area contributed by atoms with Crippen LogP contribution in [0.1, 0.15) is 6.92 Å². The Labute approximate surface area is 91.8 Å². The van der Waals surface area contributed by atoms with Gasteiger partial charge in [0.1, 0.15) is 9.45 Å². The number of pyridine rings is 1. The lowest BCUT2D eigenvalue weighted by Gasteiger charge is -2.01. The zero-order chi connectivity index (χ0) is 9.14. The Hall–Kier alpha value is -0.170. The maximum atomic E-state index is 10.5. The number of carbonyl (C=O) groups is 1. The second-order valence-electron chi connectivity index (χ2n) is 2.04. The van der Waals surface area contributed by atoms with E-state index in [1.807, 2.05) is 0 Å². The molecule has 0 saturated heterocycles. The highest BCUT2D eigenvalue weighted by molar-refractivity contribution is 14.1. The van der Waals surface area contributed by atoms with Gasteiger partial charge in [-0.2, -0.15) is 0 Å². The number of rotatable bonds is 1. The van der Waals surface area contributed by atoms with E-state index in [0.717, 1.165) is 8.17 Å². The molecule has 0 spiro atoms. The van der Waals surface area contributed by atoms with Crippen LogP contribution in [0.4, 0.5) is 0 Å². The summed E-state index contributed by atoms with van der Waals surface area (Å²) < 4.78 is 6.47. The highest BCUT2D eigenvalue weighted by Gasteiger charge is 2.02. The number of esters is 1. The van der Waals surface area contributed by atoms with Crippen LogP contribution >= 0.6 is 38.5 Å². The number of hydrogen-bond acceptors (Lipinski definition) is 3. The van der Waals surface area contributed by atoms with E-state index in [9.17, 15) is 4.79 Å². The summed E-state index contributed by atoms with van der Waals surface area (Å²) in [6.07, 6.45) is 1.51. The van der Waals surface area contributed by atoms with Gasteiger partial charge in [-0.25, -0.2) is 4.98 Å². The molecule has 0 aliphatic heterocycles. The molecule has 1 aromatic heterocycles. The van der Waals surface area contributed by atoms with Crippen LogP contribution in [0.3, 0.4) is 0 Å². The summed E-state index contributed by atoms with van der Waals surface area (Å²) in [5, 5.41) is 0. The number of nitrogens with zero attached hydrogens (tertiary/aromatic N) is 1. The first-order valence-electron chi connectivity index (χ1n) is 3.09. The molecule has 0 radical (unpaired) electrons. The largest absolute Gasteiger partial charge is 0.425 e. The molecule has 0 aromatic carbocycles. The Kier molecular flexibility index (Phi) is 3.45. The summed E-state index contributed by atoms with van der Waals surface area (Å²) in [4.78, 5) is 14.5. The zero-order valence-corrected chi connectivity index (χ0v) is 9.92. The van der Waals surface area contributed by atoms with Gasteiger partial charge in [0.25, 0.3) is 0 Å². The summed E-state index contributed by atoms with van der Waals surface area (Å²) in [6, 6.07) is 1.70. The molecule has 1 heterocycles. The molecule has 5 heteroatoms. The maximum absolute atomic E-state index is 10.5. The van der Waals surface area contributed by atoms with Crippen LogP contribution in [-0.4, -0.2) is 11.0 Å². The first-order valence-corrected chi connectivity index (χ1v) is 4.96. The molecule has 0 saturated carbocycles. The summed E-state index contributed by atoms with van der Waals surface area (Å²) >= 11 is 5.35. The molecule has 0 amide bonds. The number of halogens is 2. The smallest absolute Gasteiger partial charge is 0.308 e. The second-order valence-corrected chi connectivity index (χ2v) is 3.91. The van der Waals surface area contributed by atoms with E-state index in [1.54, 1.807) is 6.07 Å². The fourth-order valence-electron chi connectivity index (χ4n) is 0.625. The van der Waals surface area contributed by atoms with Crippen LogP contribution in [0.5, 0.6) is 5.75 Å². The second kappa shape index (κ2) is 4.18. The van der Waals surface area contributed by atoms with Crippen molar-refractivity contribution in [1.82, 2.24) is 4.98 Å². The van der Waals surface area contributed by atoms with Gasteiger partial charge >= 0.3 is 5.97 Å². The van der Waals surface area contributed by atoms with Crippen molar-refractivity contribution in [1.29, 1.82) is 0 Å². The molecule has 0 fully saturated rings. The minimum Gasteiger partial charge on any atom is -0.425 e. The van der Waals surface area contributed by atoms with E-state index in [2.05, 4.69) is 43.5 Å². The minimum atomic E-state index is -0.343. The van der Waals surface area contributed by atoms with Crippen molar-refractivity contribution in [3.8, 4) is 5.75 Å². The minimum absolute atomic E-state index is 0.343. The van der Waals surface area contributed by atoms with Crippen LogP contribution in [-0.2, 0) is 4.79 Å². The summed E-state index contributed by atoms with van der Waals surface area (Å²) in [5.41, 5.74) is 0. The topological polar surface area (TPSA) is 39.2 Å². The highest BCUT2D eigenvalue weighted by Crippen LogP contribution is 2.21. The van der Waals surface area contributed by atoms with Crippen LogP contribution < -0.4 is 4.74 Å². The first kappa shape index (κ1) is 9.91. The fourth-order valence-corrected chi connectivity index (χ4v) is 1.25. The fraction of sp³-hybridized carbons (Fsp3) is 0.143. The molecule has 0 unspecified atom stereocenters. The van der Waals surface area contributed by atoms with Gasteiger partial charge in [0.2, 0.25) is 0 Å². The van der Waals surface area contributed by atoms with Crippen molar-refractivity contribution in [2.75, 3.05) is 0 Å². The monoisotopic (exact) mass is 341 g/mol. The van der Waals surface area contributed by atoms with Gasteiger partial charge < -0.3 is 4.74 Å². The molecule has 0 aliphatic rings. The molecular weight excluding hydrogens is 337 g/mol. The van der Waals surface area contributed by atoms with Crippen LogP contribution in [0.15, 0.2) is 16.7 Å². The van der Waals surface area contributed by atoms with E-state index in [4.69, 9.17) is 4.74 Å². The first-order chi connectivity index (χ1) is 5.59. The molecule has 0 atom stereocenters. The molecule has 0 bridgehead atoms. The maximum Gasteiger partial charge on any atom is 0.308 e. The van der Waals surface area contributed by atoms with Gasteiger partial charge in [-0.3, -0.25) is 4.79 Å². The van der Waals surface area contributed by atoms with Crippen molar-refractivity contribution < 1.29 is 9.53 Å². The summed E-state index contributed by atoms with van der Waals surface area (Å²) in [5.74, 6) is 0.111. The molecule has 0 aliphatic carbocycles. The number of carbonyl (C=O) groups excluding carboxylic acids is 1. The van der Waals surface area contributed by atoms with Crippen LogP contribution in [0.25, 0.3) is 0 Å². The van der Waals surface area contributed by atoms with Crippen molar-refractivity contribution >= 4 is 44.5 Å². The molecular formula is C7H5BrINO2. The van der Waals surface area contributed by atoms with Gasteiger partial charge in [0.05, 0.1) is 10.7 Å². The van der Waals surface area contributed by atoms with Crippen molar-refractivity contribution in [3.63, 3.8) is 0 Å². The normalized spacial score (nSPS) is 9.58. The van der Waals surface area contributed by atoms with Crippen LogP contribution in [0, 0.1) is 3.70 Å². The molecule has 0 N–H and O–H groups in total. The summed E-state index contributed by atoms with van der Waals surface area (Å²) in [6.45, 7) is 1.35. The van der Waals surface area contributed by atoms with Crippen molar-refractivity contribution in [2.45, 2.75) is 6.92 Å². The molecule has 1 rings (SSSR count). The third-order valence-corrected chi connectivity index (χ3v) is 3.24. The van der Waals surface area contributed by atoms with E-state index in [1.165, 1.54) is 13.1 Å². The van der Waals surface area contributed by atoms with E-state index < -0.39 is 0 Å². The lowest BCUT2D eigenvalue weighted by molar-refractivity contribution is -0.131. The molecule has 1 aromatic rings. The average Bonchev–Trinajstić information content (AvgIpc) is 1.96. The quantitative estimate of drug-likeness (QED) is 0.447. The van der Waals surface area contributed by atoms with E-state index in [-0.39, 0.29) is 5.97 Å². The Bertz CT molecular complexity index is 316. The SMILES string of the molecule is CC(=O)Oc1cnc(I)c(Br)c1. The van der Waals surface area contributed by atoms with E-state index >= 15 is 0 Å². The van der Waals surface area contributed by atoms with Crippen molar-refractivity contribution in [2.24, 2.45) is 0 Å². The third kappa shape index (κ3) is 2.71. The van der Waals surface area contributed by atoms with Crippen molar-refractivity contribution in [3.05, 3.63) is 20.4 Å². The zero-order valence-electron chi connectivity index (χ0n) is 6.17. The molecule has 12 heavy (non-hydrogen) atoms. The Morgan fingerprint density at radius 3 is 2.92 bits per heavy atom. The summed E-state index contributed by atoms with van der Waals surface area (Å²) in [7, 11) is 0. The molecule has 64 valence electrons. The predicted octanol–water partition coefficient (Wildman–Crippen LogP) is 2.37. The number of ether oxygens (including phenoxy) is 1. The average molecular weight is 342 g/mol. The highest BCUT2D eigenvalue weighted by atomic mass is 127. The van der Waals surface area contributed by atoms with Crippen LogP contribution in [0.2, 0.25) is 0 Å². The number of aromatic nitrogens is 1. The lowest BCUT2D eigenvalue weighted by Crippen LogP contribution is -2.01. The number of hydrogen-bond donors (Lipinski definition) is 0. The predicted molar refractivity (Wildman–Crippen MR) is 56.0 cm³/mol. The van der Waals surface area contributed by atoms with Gasteiger partial charge in [0.15, 0.2) is 0 Å². The standard InChI is InChI=1S/C7H5BrINO2/c1-4(11)12-5-2-6(8)7(9)10-3-5/h2-3H,1H3. The lowest BCUT2D eigenvalue weighted by atomic mass is 10.5. The Morgan fingerprint density at radius 1 is 1.75 bits per heavy atom. The van der Waals surface area contributed by atoms with Gasteiger partial charge in [-0.05, 0) is 44.6 Å². The van der Waals surface area contributed by atoms with Gasteiger partial charge in [-0.1, -0.05) is 0 Å². The Morgan fingerprint density at radius 2 is 2.42 bits per heavy atom. The third-order valence-electron chi connectivity index (χ3n) is 1.03. The van der Waals surface area contributed by atoms with E-state index in [0.29, 0.717) is 5.75 Å². The molecule has 3 nitrogen and oxygen atoms in total. The van der Waals surface area contributed by atoms with Gasteiger partial charge in [0, 0.05) is 6.92 Å². The Balaban J connectivity index is 2.89. The van der Waals surface area contributed by atoms with Gasteiger partial charge in [-0.15, -0.1) is 0 Å².